The maximum Gasteiger partial charge on any atom is 0.410 e. The Morgan fingerprint density at radius 2 is 1.89 bits per heavy atom. The predicted molar refractivity (Wildman–Crippen MR) is 75.5 cm³/mol. The number of Topliss-reactive ketones (excluding diaryl/α,β-unsaturated/α-hetero) is 1. The first-order valence-corrected chi connectivity index (χ1v) is 8.81. The van der Waals surface area contributed by atoms with E-state index in [-0.39, 0.29) is 5.78 Å². The predicted octanol–water partition coefficient (Wildman–Crippen LogP) is 3.90. The third-order valence-electron chi connectivity index (χ3n) is 3.44. The van der Waals surface area contributed by atoms with Gasteiger partial charge in [-0.1, -0.05) is 31.0 Å². The summed E-state index contributed by atoms with van der Waals surface area (Å²) in [6.45, 7) is -2.08. The molecule has 0 aliphatic heterocycles. The molecule has 2 rings (SSSR count). The fourth-order valence-electron chi connectivity index (χ4n) is 2.42. The summed E-state index contributed by atoms with van der Waals surface area (Å²) in [7, 11) is 0. The van der Waals surface area contributed by atoms with Crippen molar-refractivity contribution in [2.45, 2.75) is 38.1 Å². The maximum atomic E-state index is 12.3. The number of halogens is 1. The lowest BCUT2D eigenvalue weighted by Crippen LogP contribution is -2.46. The zero-order valence-electron chi connectivity index (χ0n) is 10.8. The van der Waals surface area contributed by atoms with E-state index >= 15 is 0 Å². The monoisotopic (exact) mass is 301 g/mol. The van der Waals surface area contributed by atoms with Gasteiger partial charge >= 0.3 is 6.87 Å². The topological polar surface area (TPSA) is 55.4 Å². The maximum absolute atomic E-state index is 12.3. The number of hydrogen-bond donors (Lipinski definition) is 1. The summed E-state index contributed by atoms with van der Waals surface area (Å²) in [5.41, 5.74) is -0.800. The van der Waals surface area contributed by atoms with Crippen molar-refractivity contribution >= 4 is 23.9 Å². The van der Waals surface area contributed by atoms with Gasteiger partial charge in [-0.3, -0.25) is 4.79 Å². The van der Waals surface area contributed by atoms with Gasteiger partial charge in [-0.05, 0) is 31.9 Å². The largest absolute Gasteiger partial charge is 0.422 e. The molecule has 104 valence electrons. The van der Waals surface area contributed by atoms with Crippen molar-refractivity contribution in [3.05, 3.63) is 30.3 Å². The number of hydrogen-bond acceptors (Lipinski definition) is 3. The molecule has 1 N–H and O–H groups in total. The van der Waals surface area contributed by atoms with Crippen molar-refractivity contribution < 1.29 is 13.9 Å². The summed E-state index contributed by atoms with van der Waals surface area (Å²) in [4.78, 5) is 11.8. The first-order chi connectivity index (χ1) is 8.94. The Balaban J connectivity index is 2.12. The van der Waals surface area contributed by atoms with Crippen LogP contribution in [-0.2, 0) is 9.36 Å². The summed E-state index contributed by atoms with van der Waals surface area (Å²) >= 11 is 5.95. The molecule has 0 spiro atoms. The third-order valence-corrected chi connectivity index (χ3v) is 5.05. The lowest BCUT2D eigenvalue weighted by molar-refractivity contribution is -0.122. The van der Waals surface area contributed by atoms with Crippen LogP contribution in [0.1, 0.15) is 32.6 Å². The van der Waals surface area contributed by atoms with Gasteiger partial charge in [0.05, 0.1) is 5.54 Å². The molecular formula is C13H17ClNO3P. The molecule has 1 atom stereocenters. The molecular weight excluding hydrogens is 285 g/mol. The van der Waals surface area contributed by atoms with E-state index in [1.54, 1.807) is 24.3 Å². The number of para-hydroxylation sites is 1. The van der Waals surface area contributed by atoms with E-state index in [0.29, 0.717) is 18.6 Å². The van der Waals surface area contributed by atoms with Gasteiger partial charge in [0, 0.05) is 11.2 Å². The van der Waals surface area contributed by atoms with Crippen LogP contribution in [0.5, 0.6) is 5.75 Å². The summed E-state index contributed by atoms with van der Waals surface area (Å²) in [6.07, 6.45) is 3.15. The van der Waals surface area contributed by atoms with Crippen LogP contribution in [-0.4, -0.2) is 11.3 Å². The molecule has 1 aromatic rings. The first-order valence-electron chi connectivity index (χ1n) is 6.28. The van der Waals surface area contributed by atoms with E-state index < -0.39 is 12.4 Å². The third kappa shape index (κ3) is 3.59. The summed E-state index contributed by atoms with van der Waals surface area (Å²) < 4.78 is 17.6. The quantitative estimate of drug-likeness (QED) is 0.838. The van der Waals surface area contributed by atoms with Crippen LogP contribution in [0.25, 0.3) is 0 Å². The van der Waals surface area contributed by atoms with Crippen LogP contribution in [0.3, 0.4) is 0 Å². The molecule has 1 aliphatic carbocycles. The molecule has 0 radical (unpaired) electrons. The minimum absolute atomic E-state index is 0.0393. The number of nitrogens with one attached hydrogen (secondary N) is 1. The average molecular weight is 302 g/mol. The lowest BCUT2D eigenvalue weighted by Gasteiger charge is -2.29. The molecule has 1 aromatic carbocycles. The summed E-state index contributed by atoms with van der Waals surface area (Å²) in [6, 6.07) is 8.70. The number of rotatable bonds is 5. The Bertz CT molecular complexity index is 500. The van der Waals surface area contributed by atoms with E-state index in [4.69, 9.17) is 15.8 Å². The fourth-order valence-corrected chi connectivity index (χ4v) is 4.47. The van der Waals surface area contributed by atoms with Gasteiger partial charge in [-0.25, -0.2) is 9.65 Å². The molecule has 1 unspecified atom stereocenters. The van der Waals surface area contributed by atoms with Crippen LogP contribution in [0.2, 0.25) is 0 Å². The van der Waals surface area contributed by atoms with Crippen LogP contribution in [0.15, 0.2) is 30.3 Å². The van der Waals surface area contributed by atoms with Gasteiger partial charge in [0.15, 0.2) is 0 Å². The van der Waals surface area contributed by atoms with Crippen LogP contribution in [0, 0.1) is 0 Å². The molecule has 1 saturated carbocycles. The van der Waals surface area contributed by atoms with Gasteiger partial charge in [-0.2, -0.15) is 0 Å². The van der Waals surface area contributed by atoms with Crippen molar-refractivity contribution in [3.8, 4) is 5.75 Å². The number of ketones is 1. The molecule has 1 aliphatic rings. The van der Waals surface area contributed by atoms with E-state index in [9.17, 15) is 9.36 Å². The minimum Gasteiger partial charge on any atom is -0.422 e. The van der Waals surface area contributed by atoms with Gasteiger partial charge in [-0.15, -0.1) is 0 Å². The molecule has 6 heteroatoms. The average Bonchev–Trinajstić information content (AvgIpc) is 2.78. The Labute approximate surface area is 117 Å². The van der Waals surface area contributed by atoms with E-state index in [0.717, 1.165) is 12.8 Å². The normalized spacial score (nSPS) is 20.7. The highest BCUT2D eigenvalue weighted by atomic mass is 35.7. The Morgan fingerprint density at radius 3 is 2.42 bits per heavy atom. The summed E-state index contributed by atoms with van der Waals surface area (Å²) in [5.74, 6) is 0.382. The van der Waals surface area contributed by atoms with Crippen LogP contribution < -0.4 is 9.61 Å². The van der Waals surface area contributed by atoms with E-state index in [1.807, 2.05) is 6.07 Å². The first kappa shape index (κ1) is 14.6. The van der Waals surface area contributed by atoms with Gasteiger partial charge in [0.25, 0.3) is 0 Å². The molecule has 0 heterocycles. The van der Waals surface area contributed by atoms with Crippen LogP contribution in [0.4, 0.5) is 0 Å². The molecule has 4 nitrogen and oxygen atoms in total. The van der Waals surface area contributed by atoms with Crippen LogP contribution >= 0.6 is 18.1 Å². The van der Waals surface area contributed by atoms with Crippen molar-refractivity contribution in [3.63, 3.8) is 0 Å². The Kier molecular flexibility index (Phi) is 4.34. The Morgan fingerprint density at radius 1 is 1.32 bits per heavy atom. The zero-order chi connectivity index (χ0) is 13.9. The highest BCUT2D eigenvalue weighted by molar-refractivity contribution is 7.84. The number of benzene rings is 1. The summed E-state index contributed by atoms with van der Waals surface area (Å²) in [5, 5.41) is 2.77. The highest BCUT2D eigenvalue weighted by Gasteiger charge is 2.44. The molecule has 0 saturated heterocycles. The molecule has 1 fully saturated rings. The van der Waals surface area contributed by atoms with Gasteiger partial charge < -0.3 is 4.52 Å². The smallest absolute Gasteiger partial charge is 0.410 e. The highest BCUT2D eigenvalue weighted by Crippen LogP contribution is 2.52. The molecule has 0 bridgehead atoms. The molecule has 0 aromatic heterocycles. The SMILES string of the molecule is CC(=O)C1(NP(=O)(Cl)Oc2ccccc2)CCCC1. The van der Waals surface area contributed by atoms with Gasteiger partial charge in [0.2, 0.25) is 0 Å². The number of carbonyl (C=O) groups excluding carboxylic acids is 1. The van der Waals surface area contributed by atoms with Crippen molar-refractivity contribution in [2.24, 2.45) is 0 Å². The van der Waals surface area contributed by atoms with Crippen molar-refractivity contribution in [1.29, 1.82) is 0 Å². The zero-order valence-corrected chi connectivity index (χ0v) is 12.4. The second-order valence-corrected chi connectivity index (χ2v) is 7.54. The van der Waals surface area contributed by atoms with Gasteiger partial charge in [0.1, 0.15) is 11.5 Å². The van der Waals surface area contributed by atoms with E-state index in [1.165, 1.54) is 6.92 Å². The lowest BCUT2D eigenvalue weighted by atomic mass is 9.95. The Hall–Kier alpha value is -0.830. The van der Waals surface area contributed by atoms with Crippen molar-refractivity contribution in [1.82, 2.24) is 5.09 Å². The van der Waals surface area contributed by atoms with E-state index in [2.05, 4.69) is 5.09 Å². The number of carbonyl (C=O) groups is 1. The molecule has 19 heavy (non-hydrogen) atoms. The standard InChI is InChI=1S/C13H17ClNO3P/c1-11(16)13(9-5-6-10-13)15-19(14,17)18-12-7-3-2-4-8-12/h2-4,7-8H,5-6,9-10H2,1H3,(H,15,17). The minimum atomic E-state index is -3.58. The second kappa shape index (κ2) is 5.66. The molecule has 0 amide bonds. The second-order valence-electron chi connectivity index (χ2n) is 4.84. The fraction of sp³-hybridized carbons (Fsp3) is 0.462. The van der Waals surface area contributed by atoms with Crippen molar-refractivity contribution in [2.75, 3.05) is 0 Å².